The van der Waals surface area contributed by atoms with Crippen molar-refractivity contribution in [3.8, 4) is 0 Å². The molecule has 63 heavy (non-hydrogen) atoms. The molecule has 0 fully saturated rings. The van der Waals surface area contributed by atoms with Crippen LogP contribution in [-0.4, -0.2) is 57.3 Å². The highest BCUT2D eigenvalue weighted by Crippen LogP contribution is 2.18. The monoisotopic (exact) mass is 892 g/mol. The van der Waals surface area contributed by atoms with Gasteiger partial charge in [0.2, 0.25) is 5.91 Å². The van der Waals surface area contributed by atoms with Gasteiger partial charge >= 0.3 is 0 Å². The fraction of sp³-hybridized carbons (Fsp3) is 0.947. The zero-order chi connectivity index (χ0) is 45.9. The Kier molecular flexibility index (Phi) is 51.2. The third kappa shape index (κ3) is 46.0. The predicted octanol–water partition coefficient (Wildman–Crippen LogP) is 16.5. The molecular formula is C57H113NO5. The van der Waals surface area contributed by atoms with E-state index in [9.17, 15) is 25.2 Å². The number of amides is 1. The summed E-state index contributed by atoms with van der Waals surface area (Å²) in [5, 5.41) is 43.9. The van der Waals surface area contributed by atoms with Crippen LogP contribution in [-0.2, 0) is 4.79 Å². The lowest BCUT2D eigenvalue weighted by Crippen LogP contribution is -2.53. The van der Waals surface area contributed by atoms with Crippen molar-refractivity contribution in [1.29, 1.82) is 0 Å². The number of aliphatic hydroxyl groups is 4. The van der Waals surface area contributed by atoms with E-state index in [4.69, 9.17) is 0 Å². The number of allylic oxidation sites excluding steroid dienone is 2. The third-order valence-corrected chi connectivity index (χ3v) is 13.7. The van der Waals surface area contributed by atoms with Gasteiger partial charge in [-0.1, -0.05) is 289 Å². The smallest absolute Gasteiger partial charge is 0.249 e. The van der Waals surface area contributed by atoms with Crippen molar-refractivity contribution in [2.75, 3.05) is 6.61 Å². The molecule has 6 nitrogen and oxygen atoms in total. The first-order valence-corrected chi connectivity index (χ1v) is 28.6. The second-order valence-corrected chi connectivity index (χ2v) is 20.0. The second-order valence-electron chi connectivity index (χ2n) is 20.0. The first-order valence-electron chi connectivity index (χ1n) is 28.6. The number of carbonyl (C=O) groups is 1. The lowest BCUT2D eigenvalue weighted by molar-refractivity contribution is -0.132. The van der Waals surface area contributed by atoms with E-state index < -0.39 is 36.9 Å². The molecule has 0 heterocycles. The molecule has 0 rings (SSSR count). The second kappa shape index (κ2) is 52.0. The SMILES string of the molecule is CCCCCCCCCCCCCCCCCCCCCCCCCCC/C=C/CCCC(O)C(O)C(CO)NC(=O)C(O)CCCCCCCCCCCCCCCCCCC. The Labute approximate surface area is 393 Å². The van der Waals surface area contributed by atoms with E-state index in [1.165, 1.54) is 250 Å². The molecule has 0 bridgehead atoms. The van der Waals surface area contributed by atoms with Crippen molar-refractivity contribution in [2.45, 2.75) is 340 Å². The summed E-state index contributed by atoms with van der Waals surface area (Å²) < 4.78 is 0. The molecule has 0 aromatic rings. The standard InChI is InChI=1S/C57H113NO5/c1-3-5-7-9-11-13-15-17-19-21-22-23-24-25-26-27-28-29-30-31-32-33-35-36-38-40-42-44-46-48-50-54(60)56(62)53(52-59)58-57(63)55(61)51-49-47-45-43-41-39-37-34-20-18-16-14-12-10-8-6-4-2/h42,44,53-56,59-62H,3-41,43,45-52H2,1-2H3,(H,58,63)/b44-42+. The highest BCUT2D eigenvalue weighted by molar-refractivity contribution is 5.80. The van der Waals surface area contributed by atoms with Crippen LogP contribution >= 0.6 is 0 Å². The highest BCUT2D eigenvalue weighted by Gasteiger charge is 2.28. The molecule has 4 atom stereocenters. The molecule has 5 N–H and O–H groups in total. The van der Waals surface area contributed by atoms with Crippen LogP contribution < -0.4 is 5.32 Å². The lowest BCUT2D eigenvalue weighted by atomic mass is 10.00. The molecule has 4 unspecified atom stereocenters. The molecule has 0 aromatic carbocycles. The average Bonchev–Trinajstić information content (AvgIpc) is 3.29. The van der Waals surface area contributed by atoms with Gasteiger partial charge in [-0.25, -0.2) is 0 Å². The van der Waals surface area contributed by atoms with Gasteiger partial charge in [-0.15, -0.1) is 0 Å². The van der Waals surface area contributed by atoms with Crippen molar-refractivity contribution >= 4 is 5.91 Å². The van der Waals surface area contributed by atoms with Crippen LogP contribution in [0.5, 0.6) is 0 Å². The molecule has 6 heteroatoms. The van der Waals surface area contributed by atoms with Crippen LogP contribution in [0.1, 0.15) is 316 Å². The van der Waals surface area contributed by atoms with Crippen molar-refractivity contribution in [2.24, 2.45) is 0 Å². The summed E-state index contributed by atoms with van der Waals surface area (Å²) in [6, 6.07) is -0.998. The summed E-state index contributed by atoms with van der Waals surface area (Å²) in [7, 11) is 0. The first kappa shape index (κ1) is 62.1. The van der Waals surface area contributed by atoms with E-state index in [0.29, 0.717) is 12.8 Å². The van der Waals surface area contributed by atoms with Gasteiger partial charge in [0.1, 0.15) is 12.2 Å². The van der Waals surface area contributed by atoms with E-state index in [1.807, 2.05) is 0 Å². The van der Waals surface area contributed by atoms with Gasteiger partial charge in [-0.3, -0.25) is 4.79 Å². The summed E-state index contributed by atoms with van der Waals surface area (Å²) in [5.74, 6) is -0.587. The molecule has 0 aliphatic heterocycles. The fourth-order valence-corrected chi connectivity index (χ4v) is 9.23. The topological polar surface area (TPSA) is 110 Å². The number of hydrogen-bond donors (Lipinski definition) is 5. The van der Waals surface area contributed by atoms with Gasteiger partial charge in [-0.2, -0.15) is 0 Å². The molecule has 0 radical (unpaired) electrons. The number of carbonyl (C=O) groups excluding carboxylic acids is 1. The van der Waals surface area contributed by atoms with Crippen LogP contribution in [0.3, 0.4) is 0 Å². The van der Waals surface area contributed by atoms with Crippen molar-refractivity contribution in [3.63, 3.8) is 0 Å². The Morgan fingerprint density at radius 3 is 0.952 bits per heavy atom. The number of aliphatic hydroxyl groups excluding tert-OH is 4. The maximum atomic E-state index is 12.6. The van der Waals surface area contributed by atoms with E-state index in [2.05, 4.69) is 31.3 Å². The fourth-order valence-electron chi connectivity index (χ4n) is 9.23. The number of hydrogen-bond acceptors (Lipinski definition) is 5. The maximum Gasteiger partial charge on any atom is 0.249 e. The predicted molar refractivity (Wildman–Crippen MR) is 275 cm³/mol. The molecule has 376 valence electrons. The minimum Gasteiger partial charge on any atom is -0.394 e. The van der Waals surface area contributed by atoms with Gasteiger partial charge < -0.3 is 25.7 Å². The maximum absolute atomic E-state index is 12.6. The van der Waals surface area contributed by atoms with Crippen molar-refractivity contribution < 1.29 is 25.2 Å². The van der Waals surface area contributed by atoms with Crippen molar-refractivity contribution in [1.82, 2.24) is 5.32 Å². The molecule has 0 saturated carbocycles. The van der Waals surface area contributed by atoms with Crippen LogP contribution in [0.2, 0.25) is 0 Å². The quantitative estimate of drug-likeness (QED) is 0.0309. The molecule has 0 aliphatic rings. The largest absolute Gasteiger partial charge is 0.394 e. The Morgan fingerprint density at radius 1 is 0.381 bits per heavy atom. The van der Waals surface area contributed by atoms with Crippen molar-refractivity contribution in [3.05, 3.63) is 12.2 Å². The van der Waals surface area contributed by atoms with Gasteiger partial charge in [0.05, 0.1) is 18.8 Å². The van der Waals surface area contributed by atoms with Gasteiger partial charge in [0, 0.05) is 0 Å². The first-order chi connectivity index (χ1) is 31.0. The van der Waals surface area contributed by atoms with E-state index >= 15 is 0 Å². The van der Waals surface area contributed by atoms with E-state index in [0.717, 1.165) is 38.5 Å². The Morgan fingerprint density at radius 2 is 0.651 bits per heavy atom. The Hall–Kier alpha value is -0.950. The van der Waals surface area contributed by atoms with E-state index in [-0.39, 0.29) is 0 Å². The molecule has 0 aromatic heterocycles. The third-order valence-electron chi connectivity index (χ3n) is 13.7. The minimum atomic E-state index is -1.28. The zero-order valence-electron chi connectivity index (χ0n) is 42.6. The Bertz CT molecular complexity index is 913. The number of nitrogens with one attached hydrogen (secondary N) is 1. The van der Waals surface area contributed by atoms with Gasteiger partial charge in [0.15, 0.2) is 0 Å². The van der Waals surface area contributed by atoms with Crippen LogP contribution in [0.25, 0.3) is 0 Å². The Balaban J connectivity index is 3.59. The van der Waals surface area contributed by atoms with Crippen LogP contribution in [0, 0.1) is 0 Å². The summed E-state index contributed by atoms with van der Waals surface area (Å²) >= 11 is 0. The summed E-state index contributed by atoms with van der Waals surface area (Å²) in [6.07, 6.45) is 61.5. The molecular weight excluding hydrogens is 779 g/mol. The normalized spacial score (nSPS) is 13.8. The lowest BCUT2D eigenvalue weighted by Gasteiger charge is -2.27. The van der Waals surface area contributed by atoms with Crippen LogP contribution in [0.15, 0.2) is 12.2 Å². The zero-order valence-corrected chi connectivity index (χ0v) is 42.6. The summed E-state index contributed by atoms with van der Waals surface area (Å²) in [4.78, 5) is 12.6. The molecule has 0 saturated heterocycles. The number of unbranched alkanes of at least 4 members (excludes halogenated alkanes) is 42. The average molecular weight is 893 g/mol. The van der Waals surface area contributed by atoms with E-state index in [1.54, 1.807) is 0 Å². The number of rotatable bonds is 53. The van der Waals surface area contributed by atoms with Gasteiger partial charge in [-0.05, 0) is 38.5 Å². The molecule has 0 aliphatic carbocycles. The molecule has 0 spiro atoms. The minimum absolute atomic E-state index is 0.368. The van der Waals surface area contributed by atoms with Gasteiger partial charge in [0.25, 0.3) is 0 Å². The molecule has 1 amide bonds. The van der Waals surface area contributed by atoms with Crippen LogP contribution in [0.4, 0.5) is 0 Å². The summed E-state index contributed by atoms with van der Waals surface area (Å²) in [6.45, 7) is 4.08. The summed E-state index contributed by atoms with van der Waals surface area (Å²) in [5.41, 5.74) is 0. The highest BCUT2D eigenvalue weighted by atomic mass is 16.3.